The normalized spacial score (nSPS) is 16.6. The molecule has 2 rings (SSSR count). The summed E-state index contributed by atoms with van der Waals surface area (Å²) in [6, 6.07) is 3.41. The molecule has 0 saturated carbocycles. The molecule has 0 atom stereocenters. The maximum Gasteiger partial charge on any atom is 0.243 e. The molecule has 1 amide bonds. The van der Waals surface area contributed by atoms with E-state index in [4.69, 9.17) is 11.6 Å². The Kier molecular flexibility index (Phi) is 7.43. The maximum atomic E-state index is 13.3. The molecular weight excluding hydrogens is 379 g/mol. The van der Waals surface area contributed by atoms with E-state index in [1.165, 1.54) is 10.4 Å². The number of amides is 1. The highest BCUT2D eigenvalue weighted by Crippen LogP contribution is 2.27. The Morgan fingerprint density at radius 2 is 1.81 bits per heavy atom. The van der Waals surface area contributed by atoms with Crippen molar-refractivity contribution in [3.05, 3.63) is 29.0 Å². The SMILES string of the molecule is CCCN(CCC)C(=O)C1CCN(S(=O)(=O)c2ccc(F)c(Cl)c2)CC1. The molecule has 1 aromatic rings. The molecule has 0 N–H and O–H groups in total. The molecule has 1 saturated heterocycles. The highest BCUT2D eigenvalue weighted by atomic mass is 35.5. The largest absolute Gasteiger partial charge is 0.342 e. The van der Waals surface area contributed by atoms with Crippen LogP contribution >= 0.6 is 11.6 Å². The maximum absolute atomic E-state index is 13.3. The highest BCUT2D eigenvalue weighted by Gasteiger charge is 2.33. The van der Waals surface area contributed by atoms with Crippen molar-refractivity contribution in [1.82, 2.24) is 9.21 Å². The molecule has 5 nitrogen and oxygen atoms in total. The van der Waals surface area contributed by atoms with Crippen LogP contribution < -0.4 is 0 Å². The molecule has 1 aliphatic heterocycles. The molecule has 146 valence electrons. The predicted octanol–water partition coefficient (Wildman–Crippen LogP) is 3.53. The van der Waals surface area contributed by atoms with Crippen LogP contribution in [0.5, 0.6) is 0 Å². The van der Waals surface area contributed by atoms with Crippen LogP contribution in [0, 0.1) is 11.7 Å². The van der Waals surface area contributed by atoms with Gasteiger partial charge in [0.2, 0.25) is 15.9 Å². The topological polar surface area (TPSA) is 57.7 Å². The van der Waals surface area contributed by atoms with Gasteiger partial charge >= 0.3 is 0 Å². The number of halogens is 2. The third kappa shape index (κ3) is 4.75. The number of hydrogen-bond donors (Lipinski definition) is 0. The monoisotopic (exact) mass is 404 g/mol. The summed E-state index contributed by atoms with van der Waals surface area (Å²) < 4.78 is 40.1. The molecular formula is C18H26ClFN2O3S. The molecule has 0 bridgehead atoms. The number of piperidine rings is 1. The fraction of sp³-hybridized carbons (Fsp3) is 0.611. The summed E-state index contributed by atoms with van der Waals surface area (Å²) in [4.78, 5) is 14.5. The fourth-order valence-electron chi connectivity index (χ4n) is 3.26. The summed E-state index contributed by atoms with van der Waals surface area (Å²) in [5.74, 6) is -0.672. The average Bonchev–Trinajstić information content (AvgIpc) is 2.63. The van der Waals surface area contributed by atoms with E-state index in [0.29, 0.717) is 12.8 Å². The quantitative estimate of drug-likeness (QED) is 0.698. The van der Waals surface area contributed by atoms with Gasteiger partial charge in [-0.05, 0) is 43.9 Å². The Morgan fingerprint density at radius 3 is 2.31 bits per heavy atom. The van der Waals surface area contributed by atoms with E-state index in [-0.39, 0.29) is 34.8 Å². The van der Waals surface area contributed by atoms with Gasteiger partial charge < -0.3 is 4.90 Å². The Balaban J connectivity index is 2.04. The van der Waals surface area contributed by atoms with Crippen LogP contribution in [-0.2, 0) is 14.8 Å². The van der Waals surface area contributed by atoms with Crippen LogP contribution in [0.2, 0.25) is 5.02 Å². The van der Waals surface area contributed by atoms with E-state index >= 15 is 0 Å². The van der Waals surface area contributed by atoms with Crippen molar-refractivity contribution in [3.63, 3.8) is 0 Å². The summed E-state index contributed by atoms with van der Waals surface area (Å²) in [5.41, 5.74) is 0. The number of benzene rings is 1. The fourth-order valence-corrected chi connectivity index (χ4v) is 5.00. The molecule has 0 unspecified atom stereocenters. The minimum Gasteiger partial charge on any atom is -0.342 e. The van der Waals surface area contributed by atoms with E-state index < -0.39 is 15.8 Å². The first kappa shape index (κ1) is 21.1. The minimum atomic E-state index is -3.73. The summed E-state index contributed by atoms with van der Waals surface area (Å²) in [6.45, 7) is 6.11. The van der Waals surface area contributed by atoms with E-state index in [1.807, 2.05) is 18.7 Å². The number of rotatable bonds is 7. The van der Waals surface area contributed by atoms with Crippen LogP contribution in [0.1, 0.15) is 39.5 Å². The van der Waals surface area contributed by atoms with Gasteiger partial charge in [0.15, 0.2) is 0 Å². The van der Waals surface area contributed by atoms with Gasteiger partial charge in [-0.3, -0.25) is 4.79 Å². The van der Waals surface area contributed by atoms with Crippen LogP contribution in [-0.4, -0.2) is 49.7 Å². The van der Waals surface area contributed by atoms with Gasteiger partial charge in [0.25, 0.3) is 0 Å². The van der Waals surface area contributed by atoms with E-state index in [9.17, 15) is 17.6 Å². The lowest BCUT2D eigenvalue weighted by molar-refractivity contribution is -0.136. The van der Waals surface area contributed by atoms with Gasteiger partial charge in [-0.25, -0.2) is 12.8 Å². The van der Waals surface area contributed by atoms with Crippen molar-refractivity contribution >= 4 is 27.5 Å². The smallest absolute Gasteiger partial charge is 0.243 e. The van der Waals surface area contributed by atoms with Gasteiger partial charge in [0, 0.05) is 32.1 Å². The van der Waals surface area contributed by atoms with Gasteiger partial charge in [-0.15, -0.1) is 0 Å². The molecule has 0 aromatic heterocycles. The molecule has 1 heterocycles. The third-order valence-electron chi connectivity index (χ3n) is 4.63. The lowest BCUT2D eigenvalue weighted by atomic mass is 9.96. The third-order valence-corrected chi connectivity index (χ3v) is 6.82. The summed E-state index contributed by atoms with van der Waals surface area (Å²) in [6.07, 6.45) is 2.81. The Hall–Kier alpha value is -1.18. The second-order valence-electron chi connectivity index (χ2n) is 6.58. The van der Waals surface area contributed by atoms with Crippen molar-refractivity contribution < 1.29 is 17.6 Å². The zero-order valence-electron chi connectivity index (χ0n) is 15.2. The Labute approximate surface area is 160 Å². The van der Waals surface area contributed by atoms with E-state index in [0.717, 1.165) is 38.1 Å². The zero-order chi connectivity index (χ0) is 19.3. The first-order valence-electron chi connectivity index (χ1n) is 9.05. The molecule has 0 spiro atoms. The van der Waals surface area contributed by atoms with Crippen molar-refractivity contribution in [2.75, 3.05) is 26.2 Å². The van der Waals surface area contributed by atoms with Crippen molar-refractivity contribution in [3.8, 4) is 0 Å². The summed E-state index contributed by atoms with van der Waals surface area (Å²) in [7, 11) is -3.73. The first-order valence-corrected chi connectivity index (χ1v) is 10.9. The van der Waals surface area contributed by atoms with Crippen LogP contribution in [0.3, 0.4) is 0 Å². The minimum absolute atomic E-state index is 0.0210. The molecule has 1 aliphatic rings. The van der Waals surface area contributed by atoms with Crippen LogP contribution in [0.25, 0.3) is 0 Å². The molecule has 0 radical (unpaired) electrons. The van der Waals surface area contributed by atoms with Crippen molar-refractivity contribution in [2.45, 2.75) is 44.4 Å². The second kappa shape index (κ2) is 9.15. The Morgan fingerprint density at radius 1 is 1.23 bits per heavy atom. The number of carbonyl (C=O) groups excluding carboxylic acids is 1. The highest BCUT2D eigenvalue weighted by molar-refractivity contribution is 7.89. The number of sulfonamides is 1. The van der Waals surface area contributed by atoms with E-state index in [2.05, 4.69) is 0 Å². The van der Waals surface area contributed by atoms with Crippen LogP contribution in [0.15, 0.2) is 23.1 Å². The number of carbonyl (C=O) groups is 1. The summed E-state index contributed by atoms with van der Waals surface area (Å²) >= 11 is 5.71. The lowest BCUT2D eigenvalue weighted by Gasteiger charge is -2.33. The lowest BCUT2D eigenvalue weighted by Crippen LogP contribution is -2.44. The molecule has 0 aliphatic carbocycles. The van der Waals surface area contributed by atoms with Crippen molar-refractivity contribution in [1.29, 1.82) is 0 Å². The Bertz CT molecular complexity index is 728. The second-order valence-corrected chi connectivity index (χ2v) is 8.92. The van der Waals surface area contributed by atoms with E-state index in [1.54, 1.807) is 0 Å². The molecule has 26 heavy (non-hydrogen) atoms. The number of hydrogen-bond acceptors (Lipinski definition) is 3. The zero-order valence-corrected chi connectivity index (χ0v) is 16.8. The molecule has 8 heteroatoms. The first-order chi connectivity index (χ1) is 12.3. The van der Waals surface area contributed by atoms with Gasteiger partial charge in [-0.1, -0.05) is 25.4 Å². The van der Waals surface area contributed by atoms with Crippen LogP contribution in [0.4, 0.5) is 4.39 Å². The molecule has 1 fully saturated rings. The predicted molar refractivity (Wildman–Crippen MR) is 100 cm³/mol. The average molecular weight is 405 g/mol. The number of nitrogens with zero attached hydrogens (tertiary/aromatic N) is 2. The standard InChI is InChI=1S/C18H26ClFN2O3S/c1-3-9-21(10-4-2)18(23)14-7-11-22(12-8-14)26(24,25)15-5-6-17(20)16(19)13-15/h5-6,13-14H,3-4,7-12H2,1-2H3. The van der Waals surface area contributed by atoms with Gasteiger partial charge in [-0.2, -0.15) is 4.31 Å². The summed E-state index contributed by atoms with van der Waals surface area (Å²) in [5, 5.41) is -0.217. The van der Waals surface area contributed by atoms with Gasteiger partial charge in [0.1, 0.15) is 5.82 Å². The van der Waals surface area contributed by atoms with Crippen molar-refractivity contribution in [2.24, 2.45) is 5.92 Å². The van der Waals surface area contributed by atoms with Gasteiger partial charge in [0.05, 0.1) is 9.92 Å². The molecule has 1 aromatic carbocycles.